The van der Waals surface area contributed by atoms with E-state index in [1.807, 2.05) is 36.4 Å². The molecule has 1 atom stereocenters. The van der Waals surface area contributed by atoms with Crippen molar-refractivity contribution in [1.82, 2.24) is 14.9 Å². The predicted molar refractivity (Wildman–Crippen MR) is 129 cm³/mol. The van der Waals surface area contributed by atoms with Crippen LogP contribution in [0.5, 0.6) is 11.5 Å². The molecule has 5 rings (SSSR count). The Bertz CT molecular complexity index is 1330. The summed E-state index contributed by atoms with van der Waals surface area (Å²) in [7, 11) is 0. The molecule has 1 amide bonds. The summed E-state index contributed by atoms with van der Waals surface area (Å²) in [6.45, 7) is 1.31. The number of carbonyl (C=O) groups excluding carboxylic acids is 1. The summed E-state index contributed by atoms with van der Waals surface area (Å²) >= 11 is 0. The van der Waals surface area contributed by atoms with Gasteiger partial charge in [-0.15, -0.1) is 0 Å². The Morgan fingerprint density at radius 3 is 2.50 bits per heavy atom. The van der Waals surface area contributed by atoms with Crippen LogP contribution in [-0.4, -0.2) is 40.0 Å². The maximum atomic E-state index is 13.5. The molecule has 1 aliphatic rings. The number of aromatic amines is 1. The van der Waals surface area contributed by atoms with Crippen LogP contribution in [0.1, 0.15) is 29.0 Å². The van der Waals surface area contributed by atoms with Gasteiger partial charge in [0.15, 0.2) is 0 Å². The number of benzene rings is 3. The molecule has 1 N–H and O–H groups in total. The third-order valence-electron chi connectivity index (χ3n) is 5.82. The van der Waals surface area contributed by atoms with Gasteiger partial charge in [0.25, 0.3) is 11.5 Å². The fraction of sp³-hybridized carbons (Fsp3) is 0.222. The molecule has 34 heavy (non-hydrogen) atoms. The second-order valence-electron chi connectivity index (χ2n) is 8.29. The van der Waals surface area contributed by atoms with Crippen LogP contribution in [0.15, 0.2) is 83.7 Å². The van der Waals surface area contributed by atoms with Gasteiger partial charge in [-0.1, -0.05) is 30.3 Å². The first kappa shape index (κ1) is 21.9. The Morgan fingerprint density at radius 1 is 1.00 bits per heavy atom. The zero-order valence-corrected chi connectivity index (χ0v) is 18.6. The number of rotatable bonds is 7. The zero-order valence-electron chi connectivity index (χ0n) is 18.6. The largest absolute Gasteiger partial charge is 0.457 e. The van der Waals surface area contributed by atoms with Crippen molar-refractivity contribution in [2.45, 2.75) is 25.5 Å². The number of aromatic nitrogens is 2. The lowest BCUT2D eigenvalue weighted by molar-refractivity contribution is 0.0501. The molecule has 172 valence electrons. The summed E-state index contributed by atoms with van der Waals surface area (Å²) in [6.07, 6.45) is 1.84. The molecule has 0 spiro atoms. The first-order valence-corrected chi connectivity index (χ1v) is 11.4. The van der Waals surface area contributed by atoms with Gasteiger partial charge in [0.2, 0.25) is 0 Å². The summed E-state index contributed by atoms with van der Waals surface area (Å²) in [6, 6.07) is 23.7. The number of nitrogens with zero attached hydrogens (tertiary/aromatic N) is 2. The monoisotopic (exact) mass is 455 g/mol. The van der Waals surface area contributed by atoms with Gasteiger partial charge >= 0.3 is 0 Å². The van der Waals surface area contributed by atoms with Crippen LogP contribution < -0.4 is 10.3 Å². The van der Waals surface area contributed by atoms with Crippen molar-refractivity contribution >= 4 is 16.8 Å². The van der Waals surface area contributed by atoms with E-state index in [9.17, 15) is 9.59 Å². The minimum absolute atomic E-state index is 0.0307. The number of fused-ring (bicyclic) bond motifs is 1. The van der Waals surface area contributed by atoms with E-state index in [1.165, 1.54) is 0 Å². The van der Waals surface area contributed by atoms with Gasteiger partial charge in [-0.25, -0.2) is 4.98 Å². The van der Waals surface area contributed by atoms with Gasteiger partial charge in [0.05, 0.1) is 23.6 Å². The molecule has 0 saturated carbocycles. The van der Waals surface area contributed by atoms with E-state index < -0.39 is 0 Å². The maximum Gasteiger partial charge on any atom is 0.258 e. The SMILES string of the molecule is O=C(c1ccc(Oc2ccccc2)cc1)N(Cc1nc2ccccc2c(=O)[nH]1)CC1CCCO1. The summed E-state index contributed by atoms with van der Waals surface area (Å²) in [4.78, 5) is 35.1. The topological polar surface area (TPSA) is 84.5 Å². The summed E-state index contributed by atoms with van der Waals surface area (Å²) in [5, 5.41) is 0.525. The van der Waals surface area contributed by atoms with Crippen molar-refractivity contribution in [2.75, 3.05) is 13.2 Å². The number of H-pyrrole nitrogens is 1. The molecule has 0 radical (unpaired) electrons. The predicted octanol–water partition coefficient (Wildman–Crippen LogP) is 4.54. The number of hydrogen-bond acceptors (Lipinski definition) is 5. The molecule has 7 nitrogen and oxygen atoms in total. The molecule has 1 unspecified atom stereocenters. The molecule has 4 aromatic rings. The van der Waals surface area contributed by atoms with Gasteiger partial charge in [-0.05, 0) is 61.4 Å². The minimum atomic E-state index is -0.215. The van der Waals surface area contributed by atoms with E-state index in [2.05, 4.69) is 9.97 Å². The number of para-hydroxylation sites is 2. The Balaban J connectivity index is 1.38. The van der Waals surface area contributed by atoms with Crippen LogP contribution in [0.25, 0.3) is 10.9 Å². The Morgan fingerprint density at radius 2 is 1.74 bits per heavy atom. The van der Waals surface area contributed by atoms with E-state index in [1.54, 1.807) is 47.4 Å². The van der Waals surface area contributed by atoms with E-state index in [-0.39, 0.29) is 24.1 Å². The van der Waals surface area contributed by atoms with Gasteiger partial charge < -0.3 is 19.4 Å². The molecule has 0 bridgehead atoms. The highest BCUT2D eigenvalue weighted by molar-refractivity contribution is 5.94. The molecule has 1 aliphatic heterocycles. The molecular weight excluding hydrogens is 430 g/mol. The van der Waals surface area contributed by atoms with Gasteiger partial charge in [-0.2, -0.15) is 0 Å². The third-order valence-corrected chi connectivity index (χ3v) is 5.82. The van der Waals surface area contributed by atoms with Crippen molar-refractivity contribution in [1.29, 1.82) is 0 Å². The van der Waals surface area contributed by atoms with Crippen molar-refractivity contribution in [3.8, 4) is 11.5 Å². The normalized spacial score (nSPS) is 15.4. The molecule has 1 saturated heterocycles. The van der Waals surface area contributed by atoms with Crippen molar-refractivity contribution in [3.05, 3.63) is 101 Å². The third kappa shape index (κ3) is 5.00. The molecular formula is C27H25N3O4. The first-order chi connectivity index (χ1) is 16.7. The quantitative estimate of drug-likeness (QED) is 0.442. The minimum Gasteiger partial charge on any atom is -0.457 e. The molecule has 3 aromatic carbocycles. The van der Waals surface area contributed by atoms with E-state index in [4.69, 9.17) is 9.47 Å². The molecule has 2 heterocycles. The highest BCUT2D eigenvalue weighted by atomic mass is 16.5. The lowest BCUT2D eigenvalue weighted by Gasteiger charge is -2.25. The van der Waals surface area contributed by atoms with Gasteiger partial charge in [0, 0.05) is 18.7 Å². The molecule has 1 fully saturated rings. The van der Waals surface area contributed by atoms with E-state index in [0.717, 1.165) is 18.6 Å². The highest BCUT2D eigenvalue weighted by Gasteiger charge is 2.24. The van der Waals surface area contributed by atoms with Crippen LogP contribution in [0.4, 0.5) is 0 Å². The maximum absolute atomic E-state index is 13.5. The van der Waals surface area contributed by atoms with Gasteiger partial charge in [-0.3, -0.25) is 9.59 Å². The smallest absolute Gasteiger partial charge is 0.258 e. The van der Waals surface area contributed by atoms with Crippen LogP contribution in [0, 0.1) is 0 Å². The van der Waals surface area contributed by atoms with Crippen molar-refractivity contribution in [2.24, 2.45) is 0 Å². The van der Waals surface area contributed by atoms with Crippen LogP contribution in [0.3, 0.4) is 0 Å². The molecule has 1 aromatic heterocycles. The number of nitrogens with one attached hydrogen (secondary N) is 1. The van der Waals surface area contributed by atoms with Gasteiger partial charge in [0.1, 0.15) is 17.3 Å². The second kappa shape index (κ2) is 9.89. The fourth-order valence-corrected chi connectivity index (χ4v) is 4.12. The Hall–Kier alpha value is -3.97. The second-order valence-corrected chi connectivity index (χ2v) is 8.29. The summed E-state index contributed by atoms with van der Waals surface area (Å²) < 4.78 is 11.6. The molecule has 0 aliphatic carbocycles. The Labute approximate surface area is 197 Å². The Kier molecular flexibility index (Phi) is 6.35. The standard InChI is InChI=1S/C27H25N3O4/c31-26-23-10-4-5-11-24(23)28-25(29-26)18-30(17-22-9-6-16-33-22)27(32)19-12-14-21(15-13-19)34-20-7-2-1-3-8-20/h1-5,7-8,10-15,22H,6,9,16-18H2,(H,28,29,31). The van der Waals surface area contributed by atoms with Crippen molar-refractivity contribution < 1.29 is 14.3 Å². The first-order valence-electron chi connectivity index (χ1n) is 11.4. The van der Waals surface area contributed by atoms with Crippen molar-refractivity contribution in [3.63, 3.8) is 0 Å². The number of amides is 1. The van der Waals surface area contributed by atoms with Crippen LogP contribution in [0.2, 0.25) is 0 Å². The lowest BCUT2D eigenvalue weighted by Crippen LogP contribution is -2.37. The average molecular weight is 456 g/mol. The zero-order chi connectivity index (χ0) is 23.3. The van der Waals surface area contributed by atoms with Crippen LogP contribution in [-0.2, 0) is 11.3 Å². The number of ether oxygens (including phenoxy) is 2. The van der Waals surface area contributed by atoms with E-state index in [0.29, 0.717) is 41.2 Å². The highest BCUT2D eigenvalue weighted by Crippen LogP contribution is 2.22. The fourth-order valence-electron chi connectivity index (χ4n) is 4.12. The summed E-state index contributed by atoms with van der Waals surface area (Å²) in [5.74, 6) is 1.67. The average Bonchev–Trinajstić information content (AvgIpc) is 3.38. The number of carbonyl (C=O) groups is 1. The number of hydrogen-bond donors (Lipinski definition) is 1. The van der Waals surface area contributed by atoms with Crippen LogP contribution >= 0.6 is 0 Å². The lowest BCUT2D eigenvalue weighted by atomic mass is 10.1. The summed E-state index contributed by atoms with van der Waals surface area (Å²) in [5.41, 5.74) is 0.919. The van der Waals surface area contributed by atoms with E-state index >= 15 is 0 Å². The molecule has 7 heteroatoms.